The van der Waals surface area contributed by atoms with Crippen LogP contribution in [0.1, 0.15) is 48.1 Å². The summed E-state index contributed by atoms with van der Waals surface area (Å²) in [6, 6.07) is 8.26. The highest BCUT2D eigenvalue weighted by Gasteiger charge is 2.42. The van der Waals surface area contributed by atoms with Crippen molar-refractivity contribution in [1.29, 1.82) is 5.26 Å². The topological polar surface area (TPSA) is 73.1 Å². The first-order chi connectivity index (χ1) is 14.0. The number of aromatic nitrogens is 2. The highest BCUT2D eigenvalue weighted by molar-refractivity contribution is 5.77. The first-order valence-corrected chi connectivity index (χ1v) is 10.3. The van der Waals surface area contributed by atoms with Crippen LogP contribution in [0, 0.1) is 30.6 Å². The molecule has 0 radical (unpaired) electrons. The fourth-order valence-corrected chi connectivity index (χ4v) is 4.86. The third-order valence-corrected chi connectivity index (χ3v) is 6.24. The van der Waals surface area contributed by atoms with Gasteiger partial charge in [-0.15, -0.1) is 0 Å². The standard InChI is InChI=1S/C23H27N5O/c1-17-11-18(2)26-22(20(17)12-24)27-10-4-7-23(15-27)8-6-21(29)28(16-23)14-19-5-3-9-25-13-19/h3,5,9,11,13H,4,6-8,10,14-16H2,1-2H3/t23-/m1/s1. The molecule has 0 aromatic carbocycles. The van der Waals surface area contributed by atoms with Crippen LogP contribution >= 0.6 is 0 Å². The van der Waals surface area contributed by atoms with E-state index in [1.54, 1.807) is 6.20 Å². The van der Waals surface area contributed by atoms with Crippen molar-refractivity contribution < 1.29 is 4.79 Å². The van der Waals surface area contributed by atoms with Crippen molar-refractivity contribution in [3.63, 3.8) is 0 Å². The average Bonchev–Trinajstić information content (AvgIpc) is 2.71. The summed E-state index contributed by atoms with van der Waals surface area (Å²) in [6.07, 6.45) is 7.23. The van der Waals surface area contributed by atoms with Gasteiger partial charge in [0.15, 0.2) is 0 Å². The highest BCUT2D eigenvalue weighted by atomic mass is 16.2. The van der Waals surface area contributed by atoms with Crippen molar-refractivity contribution in [3.05, 3.63) is 53.0 Å². The van der Waals surface area contributed by atoms with Crippen molar-refractivity contribution in [2.24, 2.45) is 5.41 Å². The second-order valence-electron chi connectivity index (χ2n) is 8.53. The van der Waals surface area contributed by atoms with Gasteiger partial charge in [0.05, 0.1) is 5.56 Å². The van der Waals surface area contributed by atoms with E-state index >= 15 is 0 Å². The van der Waals surface area contributed by atoms with E-state index in [1.807, 2.05) is 43.1 Å². The number of carbonyl (C=O) groups is 1. The van der Waals surface area contributed by atoms with Crippen LogP contribution in [0.2, 0.25) is 0 Å². The Hall–Kier alpha value is -2.94. The monoisotopic (exact) mass is 389 g/mol. The molecule has 2 saturated heterocycles. The Balaban J connectivity index is 1.57. The second-order valence-corrected chi connectivity index (χ2v) is 8.53. The number of hydrogen-bond donors (Lipinski definition) is 0. The molecule has 2 aromatic heterocycles. The third kappa shape index (κ3) is 3.95. The molecule has 29 heavy (non-hydrogen) atoms. The molecule has 1 amide bonds. The van der Waals surface area contributed by atoms with Crippen LogP contribution in [0.15, 0.2) is 30.6 Å². The maximum Gasteiger partial charge on any atom is 0.222 e. The summed E-state index contributed by atoms with van der Waals surface area (Å²) in [7, 11) is 0. The predicted molar refractivity (Wildman–Crippen MR) is 111 cm³/mol. The van der Waals surface area contributed by atoms with Gasteiger partial charge in [0, 0.05) is 56.1 Å². The van der Waals surface area contributed by atoms with Gasteiger partial charge in [0.1, 0.15) is 11.9 Å². The molecule has 4 rings (SSSR count). The van der Waals surface area contributed by atoms with Crippen LogP contribution in [-0.2, 0) is 11.3 Å². The van der Waals surface area contributed by atoms with Crippen LogP contribution in [-0.4, -0.2) is 40.4 Å². The van der Waals surface area contributed by atoms with Crippen LogP contribution in [0.3, 0.4) is 0 Å². The zero-order valence-corrected chi connectivity index (χ0v) is 17.2. The first-order valence-electron chi connectivity index (χ1n) is 10.3. The molecule has 1 spiro atoms. The number of rotatable bonds is 3. The van der Waals surface area contributed by atoms with Crippen LogP contribution < -0.4 is 4.90 Å². The van der Waals surface area contributed by atoms with Gasteiger partial charge in [-0.2, -0.15) is 5.26 Å². The number of anilines is 1. The maximum atomic E-state index is 12.6. The molecule has 0 unspecified atom stereocenters. The zero-order chi connectivity index (χ0) is 20.4. The minimum atomic E-state index is 0.0560. The van der Waals surface area contributed by atoms with E-state index in [2.05, 4.69) is 16.0 Å². The van der Waals surface area contributed by atoms with Gasteiger partial charge in [-0.1, -0.05) is 6.07 Å². The maximum absolute atomic E-state index is 12.6. The molecule has 0 N–H and O–H groups in total. The van der Waals surface area contributed by atoms with Crippen molar-refractivity contribution in [2.75, 3.05) is 24.5 Å². The summed E-state index contributed by atoms with van der Waals surface area (Å²) >= 11 is 0. The van der Waals surface area contributed by atoms with E-state index in [0.29, 0.717) is 18.5 Å². The number of nitriles is 1. The second kappa shape index (κ2) is 7.82. The van der Waals surface area contributed by atoms with Gasteiger partial charge in [-0.3, -0.25) is 9.78 Å². The van der Waals surface area contributed by atoms with Crippen molar-refractivity contribution in [3.8, 4) is 6.07 Å². The van der Waals surface area contributed by atoms with Crippen LogP contribution in [0.4, 0.5) is 5.82 Å². The lowest BCUT2D eigenvalue weighted by Gasteiger charge is -2.48. The third-order valence-electron chi connectivity index (χ3n) is 6.24. The molecule has 4 heterocycles. The number of carbonyl (C=O) groups excluding carboxylic acids is 1. The van der Waals surface area contributed by atoms with E-state index < -0.39 is 0 Å². The lowest BCUT2D eigenvalue weighted by atomic mass is 9.73. The average molecular weight is 390 g/mol. The van der Waals surface area contributed by atoms with Crippen LogP contribution in [0.25, 0.3) is 0 Å². The summed E-state index contributed by atoms with van der Waals surface area (Å²) in [4.78, 5) is 25.8. The molecule has 6 nitrogen and oxygen atoms in total. The molecule has 2 aliphatic heterocycles. The number of piperidine rings is 2. The van der Waals surface area contributed by atoms with E-state index in [1.165, 1.54) is 0 Å². The van der Waals surface area contributed by atoms with Gasteiger partial charge < -0.3 is 9.80 Å². The minimum Gasteiger partial charge on any atom is -0.355 e. The Morgan fingerprint density at radius 1 is 1.28 bits per heavy atom. The van der Waals surface area contributed by atoms with Crippen molar-refractivity contribution in [1.82, 2.24) is 14.9 Å². The number of amides is 1. The molecule has 2 aromatic rings. The SMILES string of the molecule is Cc1cc(C)c(C#N)c(N2CCC[C@@]3(CCC(=O)N(Cc4cccnc4)C3)C2)n1. The Kier molecular flexibility index (Phi) is 5.23. The molecule has 1 atom stereocenters. The van der Waals surface area contributed by atoms with Crippen LogP contribution in [0.5, 0.6) is 0 Å². The fraction of sp³-hybridized carbons (Fsp3) is 0.478. The molecule has 6 heteroatoms. The van der Waals surface area contributed by atoms with E-state index in [4.69, 9.17) is 4.98 Å². The summed E-state index contributed by atoms with van der Waals surface area (Å²) in [6.45, 7) is 7.07. The molecule has 0 aliphatic carbocycles. The molecule has 150 valence electrons. The van der Waals surface area contributed by atoms with Gasteiger partial charge >= 0.3 is 0 Å². The lowest BCUT2D eigenvalue weighted by molar-refractivity contribution is -0.138. The van der Waals surface area contributed by atoms with Gasteiger partial charge in [0.2, 0.25) is 5.91 Å². The predicted octanol–water partition coefficient (Wildman–Crippen LogP) is 3.37. The Bertz CT molecular complexity index is 952. The Labute approximate surface area is 172 Å². The van der Waals surface area contributed by atoms with E-state index in [-0.39, 0.29) is 11.3 Å². The van der Waals surface area contributed by atoms with E-state index in [9.17, 15) is 10.1 Å². The molecule has 0 saturated carbocycles. The van der Waals surface area contributed by atoms with Gasteiger partial charge in [0.25, 0.3) is 0 Å². The molecular weight excluding hydrogens is 362 g/mol. The summed E-state index contributed by atoms with van der Waals surface area (Å²) in [5.41, 5.74) is 3.71. The fourth-order valence-electron chi connectivity index (χ4n) is 4.86. The highest BCUT2D eigenvalue weighted by Crippen LogP contribution is 2.41. The molecular formula is C23H27N5O. The largest absolute Gasteiger partial charge is 0.355 e. The summed E-state index contributed by atoms with van der Waals surface area (Å²) in [5, 5.41) is 9.69. The summed E-state index contributed by atoms with van der Waals surface area (Å²) in [5.74, 6) is 1.03. The molecule has 2 aliphatic rings. The number of aryl methyl sites for hydroxylation is 2. The molecule has 0 bridgehead atoms. The quantitative estimate of drug-likeness (QED) is 0.805. The summed E-state index contributed by atoms with van der Waals surface area (Å²) < 4.78 is 0. The smallest absolute Gasteiger partial charge is 0.222 e. The van der Waals surface area contributed by atoms with Gasteiger partial charge in [-0.25, -0.2) is 4.98 Å². The Morgan fingerprint density at radius 2 is 2.14 bits per heavy atom. The number of pyridine rings is 2. The number of hydrogen-bond acceptors (Lipinski definition) is 5. The van der Waals surface area contributed by atoms with Gasteiger partial charge in [-0.05, 0) is 56.4 Å². The van der Waals surface area contributed by atoms with E-state index in [0.717, 1.165) is 61.5 Å². The number of nitrogens with zero attached hydrogens (tertiary/aromatic N) is 5. The number of likely N-dealkylation sites (tertiary alicyclic amines) is 1. The van der Waals surface area contributed by atoms with Crippen molar-refractivity contribution >= 4 is 11.7 Å². The normalized spacial score (nSPS) is 22.0. The lowest BCUT2D eigenvalue weighted by Crippen LogP contribution is -2.54. The minimum absolute atomic E-state index is 0.0560. The first kappa shape index (κ1) is 19.4. The van der Waals surface area contributed by atoms with Crippen molar-refractivity contribution in [2.45, 2.75) is 46.1 Å². The zero-order valence-electron chi connectivity index (χ0n) is 17.2. The molecule has 2 fully saturated rings. The Morgan fingerprint density at radius 3 is 2.90 bits per heavy atom.